The number of amides is 2. The fourth-order valence-electron chi connectivity index (χ4n) is 3.03. The van der Waals surface area contributed by atoms with Gasteiger partial charge < -0.3 is 15.1 Å². The van der Waals surface area contributed by atoms with Gasteiger partial charge in [-0.15, -0.1) is 0 Å². The molecule has 0 aromatic carbocycles. The second-order valence-electron chi connectivity index (χ2n) is 5.97. The molecule has 1 N–H and O–H groups in total. The minimum Gasteiger partial charge on any atom is -0.341 e. The van der Waals surface area contributed by atoms with E-state index in [1.807, 2.05) is 38.4 Å². The van der Waals surface area contributed by atoms with Crippen molar-refractivity contribution in [2.45, 2.75) is 18.9 Å². The molecule has 1 unspecified atom stereocenters. The van der Waals surface area contributed by atoms with Gasteiger partial charge in [0.15, 0.2) is 0 Å². The lowest BCUT2D eigenvalue weighted by Crippen LogP contribution is -2.43. The van der Waals surface area contributed by atoms with Crippen molar-refractivity contribution in [2.75, 3.05) is 44.2 Å². The van der Waals surface area contributed by atoms with Gasteiger partial charge in [0.2, 0.25) is 5.91 Å². The maximum absolute atomic E-state index is 12.5. The van der Waals surface area contributed by atoms with Gasteiger partial charge in [0.1, 0.15) is 0 Å². The summed E-state index contributed by atoms with van der Waals surface area (Å²) in [6.07, 6.45) is 1.43. The Morgan fingerprint density at radius 2 is 2.04 bits per heavy atom. The van der Waals surface area contributed by atoms with E-state index in [1.54, 1.807) is 11.3 Å². The first-order chi connectivity index (χ1) is 11.2. The van der Waals surface area contributed by atoms with Crippen molar-refractivity contribution in [1.82, 2.24) is 15.1 Å². The van der Waals surface area contributed by atoms with Crippen LogP contribution in [0.3, 0.4) is 0 Å². The van der Waals surface area contributed by atoms with Crippen molar-refractivity contribution in [1.29, 1.82) is 0 Å². The van der Waals surface area contributed by atoms with Crippen LogP contribution in [0.4, 0.5) is 0 Å². The Hall–Kier alpha value is -1.05. The predicted octanol–water partition coefficient (Wildman–Crippen LogP) is 1.52. The van der Waals surface area contributed by atoms with E-state index in [1.165, 1.54) is 0 Å². The zero-order chi connectivity index (χ0) is 16.1. The fraction of sp³-hybridized carbons (Fsp3) is 0.625. The third kappa shape index (κ3) is 4.49. The van der Waals surface area contributed by atoms with Gasteiger partial charge in [-0.25, -0.2) is 0 Å². The minimum atomic E-state index is 0.0888. The monoisotopic (exact) mass is 353 g/mol. The zero-order valence-corrected chi connectivity index (χ0v) is 14.8. The first kappa shape index (κ1) is 16.8. The van der Waals surface area contributed by atoms with Gasteiger partial charge in [-0.1, -0.05) is 0 Å². The van der Waals surface area contributed by atoms with Crippen LogP contribution in [-0.4, -0.2) is 71.9 Å². The van der Waals surface area contributed by atoms with E-state index >= 15 is 0 Å². The van der Waals surface area contributed by atoms with E-state index in [0.717, 1.165) is 43.1 Å². The molecular formula is C16H23N3O2S2. The first-order valence-electron chi connectivity index (χ1n) is 8.14. The quantitative estimate of drug-likeness (QED) is 0.895. The SMILES string of the molecule is O=C(CC1CSCCN1)N1CCCN(C(=O)c2ccsc2)CC1. The number of hydrogen-bond donors (Lipinski definition) is 1. The van der Waals surface area contributed by atoms with Crippen LogP contribution >= 0.6 is 23.1 Å². The van der Waals surface area contributed by atoms with E-state index in [2.05, 4.69) is 5.32 Å². The fourth-order valence-corrected chi connectivity index (χ4v) is 4.61. The highest BCUT2D eigenvalue weighted by atomic mass is 32.2. The number of carbonyl (C=O) groups is 2. The van der Waals surface area contributed by atoms with Crippen LogP contribution in [0.25, 0.3) is 0 Å². The summed E-state index contributed by atoms with van der Waals surface area (Å²) >= 11 is 3.45. The molecule has 2 aliphatic heterocycles. The molecule has 23 heavy (non-hydrogen) atoms. The maximum atomic E-state index is 12.5. The van der Waals surface area contributed by atoms with Crippen molar-refractivity contribution in [2.24, 2.45) is 0 Å². The van der Waals surface area contributed by atoms with Gasteiger partial charge in [0.25, 0.3) is 5.91 Å². The lowest BCUT2D eigenvalue weighted by molar-refractivity contribution is -0.131. The maximum Gasteiger partial charge on any atom is 0.254 e. The highest BCUT2D eigenvalue weighted by molar-refractivity contribution is 7.99. The molecule has 3 heterocycles. The molecule has 126 valence electrons. The highest BCUT2D eigenvalue weighted by Crippen LogP contribution is 2.15. The lowest BCUT2D eigenvalue weighted by Gasteiger charge is -2.26. The summed E-state index contributed by atoms with van der Waals surface area (Å²) in [6, 6.07) is 2.17. The number of nitrogens with one attached hydrogen (secondary N) is 1. The van der Waals surface area contributed by atoms with Crippen LogP contribution in [0.2, 0.25) is 0 Å². The summed E-state index contributed by atoms with van der Waals surface area (Å²) in [6.45, 7) is 3.76. The van der Waals surface area contributed by atoms with E-state index in [-0.39, 0.29) is 11.8 Å². The van der Waals surface area contributed by atoms with Crippen LogP contribution < -0.4 is 5.32 Å². The van der Waals surface area contributed by atoms with Crippen molar-refractivity contribution < 1.29 is 9.59 Å². The number of thiophene rings is 1. The summed E-state index contributed by atoms with van der Waals surface area (Å²) in [5.74, 6) is 2.46. The van der Waals surface area contributed by atoms with Crippen molar-refractivity contribution in [3.63, 3.8) is 0 Å². The van der Waals surface area contributed by atoms with Gasteiger partial charge in [-0.05, 0) is 17.9 Å². The molecule has 0 radical (unpaired) electrons. The number of carbonyl (C=O) groups excluding carboxylic acids is 2. The van der Waals surface area contributed by atoms with Crippen molar-refractivity contribution >= 4 is 34.9 Å². The van der Waals surface area contributed by atoms with Crippen LogP contribution in [0.15, 0.2) is 16.8 Å². The third-order valence-corrected chi connectivity index (χ3v) is 6.14. The largest absolute Gasteiger partial charge is 0.341 e. The highest BCUT2D eigenvalue weighted by Gasteiger charge is 2.25. The van der Waals surface area contributed by atoms with Crippen LogP contribution in [0.1, 0.15) is 23.2 Å². The van der Waals surface area contributed by atoms with Gasteiger partial charge in [0.05, 0.1) is 5.56 Å². The zero-order valence-electron chi connectivity index (χ0n) is 13.2. The molecule has 2 amide bonds. The normalized spacial score (nSPS) is 22.7. The molecule has 7 heteroatoms. The van der Waals surface area contributed by atoms with E-state index in [4.69, 9.17) is 0 Å². The molecule has 0 bridgehead atoms. The molecule has 2 fully saturated rings. The van der Waals surface area contributed by atoms with Crippen molar-refractivity contribution in [3.05, 3.63) is 22.4 Å². The van der Waals surface area contributed by atoms with E-state index < -0.39 is 0 Å². The van der Waals surface area contributed by atoms with Crippen LogP contribution in [-0.2, 0) is 4.79 Å². The molecule has 2 aliphatic rings. The average molecular weight is 354 g/mol. The molecule has 0 spiro atoms. The predicted molar refractivity (Wildman–Crippen MR) is 95.2 cm³/mol. The molecule has 0 saturated carbocycles. The Bertz CT molecular complexity index is 529. The van der Waals surface area contributed by atoms with Gasteiger partial charge in [-0.2, -0.15) is 23.1 Å². The second kappa shape index (κ2) is 8.17. The molecular weight excluding hydrogens is 330 g/mol. The third-order valence-electron chi connectivity index (χ3n) is 4.32. The Labute approximate surface area is 145 Å². The summed E-state index contributed by atoms with van der Waals surface area (Å²) in [7, 11) is 0. The smallest absolute Gasteiger partial charge is 0.254 e. The summed E-state index contributed by atoms with van der Waals surface area (Å²) < 4.78 is 0. The van der Waals surface area contributed by atoms with Crippen molar-refractivity contribution in [3.8, 4) is 0 Å². The molecule has 1 aromatic heterocycles. The summed E-state index contributed by atoms with van der Waals surface area (Å²) in [5, 5.41) is 7.24. The lowest BCUT2D eigenvalue weighted by atomic mass is 10.2. The Morgan fingerprint density at radius 3 is 2.78 bits per heavy atom. The molecule has 2 saturated heterocycles. The molecule has 5 nitrogen and oxygen atoms in total. The average Bonchev–Trinajstić information content (AvgIpc) is 2.99. The van der Waals surface area contributed by atoms with Crippen LogP contribution in [0, 0.1) is 0 Å². The molecule has 1 aromatic rings. The first-order valence-corrected chi connectivity index (χ1v) is 10.2. The van der Waals surface area contributed by atoms with Gasteiger partial charge in [-0.3, -0.25) is 9.59 Å². The molecule has 3 rings (SSSR count). The number of hydrogen-bond acceptors (Lipinski definition) is 5. The Morgan fingerprint density at radius 1 is 1.22 bits per heavy atom. The number of rotatable bonds is 3. The Balaban J connectivity index is 1.51. The summed E-state index contributed by atoms with van der Waals surface area (Å²) in [4.78, 5) is 28.7. The summed E-state index contributed by atoms with van der Waals surface area (Å²) in [5.41, 5.74) is 0.762. The van der Waals surface area contributed by atoms with Gasteiger partial charge >= 0.3 is 0 Å². The van der Waals surface area contributed by atoms with E-state index in [9.17, 15) is 9.59 Å². The van der Waals surface area contributed by atoms with E-state index in [0.29, 0.717) is 25.6 Å². The second-order valence-corrected chi connectivity index (χ2v) is 7.90. The minimum absolute atomic E-state index is 0.0888. The Kier molecular flexibility index (Phi) is 5.96. The topological polar surface area (TPSA) is 52.7 Å². The van der Waals surface area contributed by atoms with Gasteiger partial charge in [0, 0.05) is 62.1 Å². The number of nitrogens with zero attached hydrogens (tertiary/aromatic N) is 2. The number of thioether (sulfide) groups is 1. The standard InChI is InChI=1S/C16H23N3O2S2/c20-15(10-14-12-23-9-3-17-14)18-4-1-5-19(7-6-18)16(21)13-2-8-22-11-13/h2,8,11,14,17H,1,3-7,9-10,12H2. The van der Waals surface area contributed by atoms with Crippen LogP contribution in [0.5, 0.6) is 0 Å². The molecule has 0 aliphatic carbocycles. The molecule has 1 atom stereocenters.